The van der Waals surface area contributed by atoms with Gasteiger partial charge >= 0.3 is 12.1 Å². The highest BCUT2D eigenvalue weighted by atomic mass is 19.4. The Morgan fingerprint density at radius 1 is 0.630 bits per heavy atom. The molecule has 0 fully saturated rings. The molecular weight excluding hydrogens is 378 g/mol. The Labute approximate surface area is 148 Å². The van der Waals surface area contributed by atoms with Gasteiger partial charge in [-0.2, -0.15) is 22.0 Å². The summed E-state index contributed by atoms with van der Waals surface area (Å²) >= 11 is 0. The van der Waals surface area contributed by atoms with Crippen LogP contribution in [0.15, 0.2) is 48.5 Å². The van der Waals surface area contributed by atoms with E-state index in [9.17, 15) is 22.0 Å². The van der Waals surface area contributed by atoms with Crippen molar-refractivity contribution in [3.05, 3.63) is 59.7 Å². The van der Waals surface area contributed by atoms with Crippen LogP contribution < -0.4 is 9.47 Å². The zero-order valence-corrected chi connectivity index (χ0v) is 13.1. The molecule has 0 N–H and O–H groups in total. The van der Waals surface area contributed by atoms with Gasteiger partial charge in [-0.1, -0.05) is 24.3 Å². The highest BCUT2D eigenvalue weighted by Crippen LogP contribution is 2.54. The molecule has 0 bridgehead atoms. The number of nitrogens with zero attached hydrogens (tertiary/aromatic N) is 2. The van der Waals surface area contributed by atoms with Crippen molar-refractivity contribution in [1.82, 2.24) is 0 Å². The van der Waals surface area contributed by atoms with E-state index < -0.39 is 28.9 Å². The minimum Gasteiger partial charge on any atom is -0.388 e. The molecule has 0 aromatic heterocycles. The molecular formula is C17H8F6N2O2. The van der Waals surface area contributed by atoms with Gasteiger partial charge in [-0.05, 0) is 24.3 Å². The number of ether oxygens (including phenoxy) is 2. The number of halogens is 6. The van der Waals surface area contributed by atoms with Crippen molar-refractivity contribution in [1.29, 1.82) is 10.5 Å². The van der Waals surface area contributed by atoms with Gasteiger partial charge in [0, 0.05) is 11.1 Å². The molecule has 2 rings (SSSR count). The van der Waals surface area contributed by atoms with E-state index in [2.05, 4.69) is 9.47 Å². The van der Waals surface area contributed by atoms with Gasteiger partial charge in [0.1, 0.15) is 11.5 Å². The van der Waals surface area contributed by atoms with Crippen LogP contribution in [0.25, 0.3) is 0 Å². The second-order valence-corrected chi connectivity index (χ2v) is 5.17. The molecule has 0 aliphatic heterocycles. The van der Waals surface area contributed by atoms with Crippen molar-refractivity contribution < 1.29 is 35.8 Å². The predicted molar refractivity (Wildman–Crippen MR) is 78.3 cm³/mol. The number of benzene rings is 2. The lowest BCUT2D eigenvalue weighted by Crippen LogP contribution is -2.53. The number of rotatable bonds is 5. The molecule has 4 nitrogen and oxygen atoms in total. The van der Waals surface area contributed by atoms with Crippen molar-refractivity contribution in [3.63, 3.8) is 0 Å². The smallest absolute Gasteiger partial charge is 0.388 e. The summed E-state index contributed by atoms with van der Waals surface area (Å²) in [5.41, 5.74) is -6.31. The van der Waals surface area contributed by atoms with Crippen LogP contribution in [0, 0.1) is 23.0 Å². The second-order valence-electron chi connectivity index (χ2n) is 5.17. The maximum Gasteiger partial charge on any atom is 0.457 e. The summed E-state index contributed by atoms with van der Waals surface area (Å²) in [6, 6.07) is 6.16. The topological polar surface area (TPSA) is 66.0 Å². The maximum atomic E-state index is 15.5. The zero-order valence-electron chi connectivity index (χ0n) is 13.1. The molecule has 0 atom stereocenters. The molecule has 0 saturated carbocycles. The fourth-order valence-electron chi connectivity index (χ4n) is 2.34. The van der Waals surface area contributed by atoms with E-state index in [1.807, 2.05) is 0 Å². The van der Waals surface area contributed by atoms with Gasteiger partial charge in [-0.25, -0.2) is 4.39 Å². The third-order valence-electron chi connectivity index (χ3n) is 3.62. The molecule has 140 valence electrons. The Hall–Kier alpha value is -3.40. The Balaban J connectivity index is 2.65. The van der Waals surface area contributed by atoms with Crippen LogP contribution in [0.2, 0.25) is 0 Å². The number of alkyl halides is 6. The largest absolute Gasteiger partial charge is 0.457 e. The third kappa shape index (κ3) is 3.47. The minimum atomic E-state index is -6.20. The molecule has 2 aromatic rings. The quantitative estimate of drug-likeness (QED) is 0.546. The Morgan fingerprint density at radius 3 is 1.22 bits per heavy atom. The standard InChI is InChI=1S/C17H8F6N2O2/c18-15(16(19,20)17(21,22)23,11-1-5-13(6-2-11)26-9-24)12-3-7-14(8-4-12)27-10-25/h1-8H. The van der Waals surface area contributed by atoms with Crippen molar-refractivity contribution in [3.8, 4) is 24.0 Å². The fourth-order valence-corrected chi connectivity index (χ4v) is 2.34. The van der Waals surface area contributed by atoms with Gasteiger partial charge in [0.15, 0.2) is 0 Å². The van der Waals surface area contributed by atoms with Crippen LogP contribution in [0.3, 0.4) is 0 Å². The van der Waals surface area contributed by atoms with Gasteiger partial charge in [-0.3, -0.25) is 0 Å². The first-order valence-corrected chi connectivity index (χ1v) is 7.04. The third-order valence-corrected chi connectivity index (χ3v) is 3.62. The van der Waals surface area contributed by atoms with E-state index in [1.54, 1.807) is 0 Å². The van der Waals surface area contributed by atoms with Crippen LogP contribution >= 0.6 is 0 Å². The first-order valence-electron chi connectivity index (χ1n) is 7.04. The van der Waals surface area contributed by atoms with Gasteiger partial charge < -0.3 is 9.47 Å². The summed E-state index contributed by atoms with van der Waals surface area (Å²) in [6.07, 6.45) is -3.63. The first-order chi connectivity index (χ1) is 12.6. The van der Waals surface area contributed by atoms with Crippen LogP contribution in [-0.2, 0) is 5.67 Å². The molecule has 0 aliphatic carbocycles. The van der Waals surface area contributed by atoms with Crippen LogP contribution in [0.4, 0.5) is 26.3 Å². The highest BCUT2D eigenvalue weighted by molar-refractivity contribution is 5.44. The van der Waals surface area contributed by atoms with Gasteiger partial charge in [0.2, 0.25) is 5.67 Å². The highest BCUT2D eigenvalue weighted by Gasteiger charge is 2.72. The monoisotopic (exact) mass is 386 g/mol. The van der Waals surface area contributed by atoms with Crippen molar-refractivity contribution in [2.45, 2.75) is 17.8 Å². The lowest BCUT2D eigenvalue weighted by molar-refractivity contribution is -0.323. The molecule has 0 radical (unpaired) electrons. The Bertz CT molecular complexity index is 821. The van der Waals surface area contributed by atoms with Crippen molar-refractivity contribution >= 4 is 0 Å². The summed E-state index contributed by atoms with van der Waals surface area (Å²) in [5, 5.41) is 16.8. The molecule has 0 amide bonds. The fraction of sp³-hybridized carbons (Fsp3) is 0.176. The molecule has 0 saturated heterocycles. The summed E-state index contributed by atoms with van der Waals surface area (Å²) < 4.78 is 91.6. The van der Waals surface area contributed by atoms with Crippen LogP contribution in [0.1, 0.15) is 11.1 Å². The van der Waals surface area contributed by atoms with E-state index in [-0.39, 0.29) is 11.5 Å². The SMILES string of the molecule is N#COc1ccc(C(F)(c2ccc(OC#N)cc2)C(F)(F)C(F)(F)F)cc1. The molecule has 0 aliphatic rings. The maximum absolute atomic E-state index is 15.5. The normalized spacial score (nSPS) is 12.0. The minimum absolute atomic E-state index is 0.170. The Kier molecular flexibility index (Phi) is 5.22. The molecule has 0 heterocycles. The summed E-state index contributed by atoms with van der Waals surface area (Å²) in [6.45, 7) is 0. The van der Waals surface area contributed by atoms with E-state index in [1.165, 1.54) is 12.5 Å². The van der Waals surface area contributed by atoms with E-state index in [0.717, 1.165) is 24.3 Å². The summed E-state index contributed by atoms with van der Waals surface area (Å²) in [7, 11) is 0. The van der Waals surface area contributed by atoms with Gasteiger partial charge in [0.05, 0.1) is 0 Å². The van der Waals surface area contributed by atoms with Crippen LogP contribution in [0.5, 0.6) is 11.5 Å². The summed E-state index contributed by atoms with van der Waals surface area (Å²) in [5.74, 6) is -6.14. The van der Waals surface area contributed by atoms with Crippen molar-refractivity contribution in [2.24, 2.45) is 0 Å². The molecule has 10 heteroatoms. The van der Waals surface area contributed by atoms with Gasteiger partial charge in [-0.15, -0.1) is 10.5 Å². The lowest BCUT2D eigenvalue weighted by atomic mass is 9.82. The van der Waals surface area contributed by atoms with Crippen molar-refractivity contribution in [2.75, 3.05) is 0 Å². The van der Waals surface area contributed by atoms with Crippen LogP contribution in [-0.4, -0.2) is 12.1 Å². The summed E-state index contributed by atoms with van der Waals surface area (Å²) in [4.78, 5) is 0. The average molecular weight is 386 g/mol. The molecule has 0 spiro atoms. The molecule has 2 aromatic carbocycles. The lowest BCUT2D eigenvalue weighted by Gasteiger charge is -2.35. The second kappa shape index (κ2) is 7.08. The molecule has 0 unspecified atom stereocenters. The zero-order chi connectivity index (χ0) is 20.3. The molecule has 27 heavy (non-hydrogen) atoms. The van der Waals surface area contributed by atoms with E-state index in [0.29, 0.717) is 24.3 Å². The van der Waals surface area contributed by atoms with Gasteiger partial charge in [0.25, 0.3) is 12.5 Å². The number of hydrogen-bond acceptors (Lipinski definition) is 4. The predicted octanol–water partition coefficient (Wildman–Crippen LogP) is 4.82. The van der Waals surface area contributed by atoms with E-state index in [4.69, 9.17) is 10.5 Å². The number of hydrogen-bond donors (Lipinski definition) is 0. The average Bonchev–Trinajstić information content (AvgIpc) is 2.62. The van der Waals surface area contributed by atoms with E-state index >= 15 is 4.39 Å². The first kappa shape index (κ1) is 19.9. The Morgan fingerprint density at radius 2 is 0.963 bits per heavy atom. The number of nitriles is 2.